The van der Waals surface area contributed by atoms with Gasteiger partial charge in [0.25, 0.3) is 0 Å². The first-order chi connectivity index (χ1) is 23.6. The van der Waals surface area contributed by atoms with Crippen LogP contribution in [-0.2, 0) is 25.4 Å². The molecule has 3 aliphatic rings. The Kier molecular flexibility index (Phi) is 10.9. The number of methoxy groups -OCH3 is 2. The number of amides is 2. The molecule has 2 aromatic rings. The van der Waals surface area contributed by atoms with E-state index < -0.39 is 60.1 Å². The van der Waals surface area contributed by atoms with Crippen LogP contribution in [0.5, 0.6) is 5.75 Å². The molecule has 2 amide bonds. The first-order valence-corrected chi connectivity index (χ1v) is 16.8. The van der Waals surface area contributed by atoms with Crippen LogP contribution < -0.4 is 26.0 Å². The molecule has 3 heterocycles. The Hall–Kier alpha value is -4.01. The highest BCUT2D eigenvalue weighted by Gasteiger charge is 2.64. The number of alkyl carbamates (subject to hydrolysis) is 1. The van der Waals surface area contributed by atoms with Crippen LogP contribution in [0, 0.1) is 12.8 Å². The van der Waals surface area contributed by atoms with Crippen LogP contribution in [0.1, 0.15) is 44.7 Å². The molecule has 2 saturated heterocycles. The van der Waals surface area contributed by atoms with Crippen molar-refractivity contribution in [2.24, 2.45) is 5.92 Å². The number of carbonyl (C=O) groups is 2. The Balaban J connectivity index is 1.54. The summed E-state index contributed by atoms with van der Waals surface area (Å²) in [6, 6.07) is 8.84. The van der Waals surface area contributed by atoms with Crippen molar-refractivity contribution in [3.05, 3.63) is 70.3 Å². The highest BCUT2D eigenvalue weighted by Crippen LogP contribution is 2.49. The standard InChI is InChI=1S/C36H47ClN4O9/c1-19-10-8-13-28(47-7)36(45)18-27(48-34(44)40-36)21(3)32-35(4,50-32)29(49-33(43)39-24-12-9-11-23(38)20(24)2)17-30(42)41(5)25-15-22(14-19)16-26(46-6)31(25)37/h8-13,15-16,21,27-30,32,42,45H,14,17-18,38H2,1-7H3,(H,39,43)(H,40,44)/b13-8+,19-10+/t21-,27+,28-,29+,30?,32+,35+,36+/m1/s1. The summed E-state index contributed by atoms with van der Waals surface area (Å²) in [5.74, 6) is -0.0490. The lowest BCUT2D eigenvalue weighted by Crippen LogP contribution is -2.63. The Bertz CT molecular complexity index is 1670. The number of hydrogen-bond acceptors (Lipinski definition) is 11. The topological polar surface area (TPSA) is 177 Å². The maximum Gasteiger partial charge on any atom is 0.412 e. The van der Waals surface area contributed by atoms with Crippen LogP contribution in [0.2, 0.25) is 5.02 Å². The summed E-state index contributed by atoms with van der Waals surface area (Å²) in [6.07, 6.45) is -0.384. The van der Waals surface area contributed by atoms with Crippen LogP contribution in [0.15, 0.2) is 54.1 Å². The molecule has 50 heavy (non-hydrogen) atoms. The molecule has 0 aromatic heterocycles. The first-order valence-electron chi connectivity index (χ1n) is 16.5. The average Bonchev–Trinajstić information content (AvgIpc) is 3.76. The third-order valence-electron chi connectivity index (χ3n) is 9.97. The number of anilines is 3. The van der Waals surface area contributed by atoms with E-state index in [0.717, 1.165) is 11.1 Å². The highest BCUT2D eigenvalue weighted by atomic mass is 35.5. The van der Waals surface area contributed by atoms with Crippen LogP contribution in [-0.4, -0.2) is 85.6 Å². The van der Waals surface area contributed by atoms with Gasteiger partial charge in [-0.05, 0) is 62.6 Å². The third-order valence-corrected chi connectivity index (χ3v) is 10.3. The van der Waals surface area contributed by atoms with Gasteiger partial charge in [0, 0.05) is 44.3 Å². The number of fused-ring (bicyclic) bond motifs is 5. The predicted octanol–water partition coefficient (Wildman–Crippen LogP) is 5.06. The van der Waals surface area contributed by atoms with E-state index in [1.54, 1.807) is 56.1 Å². The van der Waals surface area contributed by atoms with Crippen molar-refractivity contribution >= 4 is 40.8 Å². The van der Waals surface area contributed by atoms with Gasteiger partial charge in [0.1, 0.15) is 40.9 Å². The van der Waals surface area contributed by atoms with E-state index in [1.165, 1.54) is 14.2 Å². The molecule has 14 heteroatoms. The molecule has 0 aliphatic carbocycles. The molecule has 13 nitrogen and oxygen atoms in total. The molecule has 4 bridgehead atoms. The average molecular weight is 715 g/mol. The fourth-order valence-electron chi connectivity index (χ4n) is 6.79. The number of epoxide rings is 1. The maximum atomic E-state index is 13.4. The quantitative estimate of drug-likeness (QED) is 0.211. The largest absolute Gasteiger partial charge is 0.495 e. The number of rotatable bonds is 4. The van der Waals surface area contributed by atoms with E-state index in [4.69, 9.17) is 41.0 Å². The van der Waals surface area contributed by atoms with Gasteiger partial charge in [0.05, 0.1) is 18.9 Å². The minimum Gasteiger partial charge on any atom is -0.495 e. The van der Waals surface area contributed by atoms with Crippen molar-refractivity contribution in [1.82, 2.24) is 5.32 Å². The van der Waals surface area contributed by atoms with E-state index >= 15 is 0 Å². The Labute approximate surface area is 297 Å². The summed E-state index contributed by atoms with van der Waals surface area (Å²) in [7, 11) is 4.65. The Morgan fingerprint density at radius 2 is 1.98 bits per heavy atom. The fraction of sp³-hybridized carbons (Fsp3) is 0.500. The predicted molar refractivity (Wildman–Crippen MR) is 189 cm³/mol. The normalized spacial score (nSPS) is 33.1. The van der Waals surface area contributed by atoms with Crippen LogP contribution in [0.4, 0.5) is 26.7 Å². The second-order valence-corrected chi connectivity index (χ2v) is 13.9. The summed E-state index contributed by atoms with van der Waals surface area (Å²) in [4.78, 5) is 27.8. The molecule has 0 spiro atoms. The number of carbonyl (C=O) groups excluding carboxylic acids is 2. The number of benzene rings is 2. The number of nitrogens with one attached hydrogen (secondary N) is 2. The van der Waals surface area contributed by atoms with Gasteiger partial charge in [-0.15, -0.1) is 0 Å². The SMILES string of the molecule is COc1cc2cc(c1Cl)N(C)C(O)C[C@H](OC(=O)Nc1cccc(N)c1C)[C@]1(C)O[C@H]1[C@H](C)[C@@H]1C[C@@](O)(NC(=O)O1)[C@H](OC)/C=C/C=C(\C)C2. The molecule has 2 fully saturated rings. The van der Waals surface area contributed by atoms with Crippen molar-refractivity contribution in [3.63, 3.8) is 0 Å². The monoisotopic (exact) mass is 714 g/mol. The number of aliphatic hydroxyl groups is 2. The number of nitrogens with two attached hydrogens (primary N) is 1. The van der Waals surface area contributed by atoms with E-state index in [2.05, 4.69) is 10.6 Å². The van der Waals surface area contributed by atoms with E-state index in [1.807, 2.05) is 32.1 Å². The number of hydrogen-bond donors (Lipinski definition) is 5. The second-order valence-electron chi connectivity index (χ2n) is 13.5. The first kappa shape index (κ1) is 37.3. The maximum absolute atomic E-state index is 13.4. The minimum absolute atomic E-state index is 0.0163. The molecule has 5 rings (SSSR count). The molecule has 1 unspecified atom stereocenters. The fourth-order valence-corrected chi connectivity index (χ4v) is 7.11. The van der Waals surface area contributed by atoms with Crippen molar-refractivity contribution in [2.75, 3.05) is 37.2 Å². The van der Waals surface area contributed by atoms with Gasteiger partial charge in [-0.2, -0.15) is 0 Å². The highest BCUT2D eigenvalue weighted by molar-refractivity contribution is 6.34. The summed E-state index contributed by atoms with van der Waals surface area (Å²) in [5, 5.41) is 29.0. The lowest BCUT2D eigenvalue weighted by molar-refractivity contribution is -0.142. The Morgan fingerprint density at radius 3 is 2.68 bits per heavy atom. The zero-order valence-corrected chi connectivity index (χ0v) is 30.1. The van der Waals surface area contributed by atoms with Crippen LogP contribution >= 0.6 is 11.6 Å². The van der Waals surface area contributed by atoms with Gasteiger partial charge in [0.2, 0.25) is 0 Å². The molecular formula is C36H47ClN4O9. The lowest BCUT2D eigenvalue weighted by atomic mass is 9.83. The number of allylic oxidation sites excluding steroid dienone is 3. The van der Waals surface area contributed by atoms with Gasteiger partial charge in [-0.25, -0.2) is 9.59 Å². The van der Waals surface area contributed by atoms with Crippen molar-refractivity contribution in [1.29, 1.82) is 0 Å². The minimum atomic E-state index is -1.79. The molecule has 2 aromatic carbocycles. The second kappa shape index (κ2) is 14.7. The summed E-state index contributed by atoms with van der Waals surface area (Å²) >= 11 is 6.78. The molecular weight excluding hydrogens is 668 g/mol. The van der Waals surface area contributed by atoms with E-state index in [0.29, 0.717) is 39.8 Å². The number of nitrogen functional groups attached to an aromatic ring is 1. The molecule has 0 radical (unpaired) electrons. The molecule has 8 atom stereocenters. The van der Waals surface area contributed by atoms with Gasteiger partial charge < -0.3 is 44.5 Å². The third kappa shape index (κ3) is 7.66. The molecule has 0 saturated carbocycles. The summed E-state index contributed by atoms with van der Waals surface area (Å²) < 4.78 is 29.2. The zero-order valence-electron chi connectivity index (χ0n) is 29.4. The molecule has 3 aliphatic heterocycles. The lowest BCUT2D eigenvalue weighted by Gasteiger charge is -2.42. The van der Waals surface area contributed by atoms with Gasteiger partial charge in [-0.1, -0.05) is 48.4 Å². The van der Waals surface area contributed by atoms with Crippen molar-refractivity contribution in [2.45, 2.75) is 88.9 Å². The zero-order chi connectivity index (χ0) is 36.5. The molecule has 272 valence electrons. The number of ether oxygens (including phenoxy) is 5. The van der Waals surface area contributed by atoms with E-state index in [-0.39, 0.29) is 12.8 Å². The van der Waals surface area contributed by atoms with Crippen LogP contribution in [0.25, 0.3) is 0 Å². The molecule has 6 N–H and O–H groups in total. The Morgan fingerprint density at radius 1 is 1.24 bits per heavy atom. The van der Waals surface area contributed by atoms with Crippen molar-refractivity contribution in [3.8, 4) is 5.75 Å². The number of aliphatic hydroxyl groups excluding tert-OH is 1. The summed E-state index contributed by atoms with van der Waals surface area (Å²) in [6.45, 7) is 7.33. The van der Waals surface area contributed by atoms with Gasteiger partial charge in [0.15, 0.2) is 5.72 Å². The van der Waals surface area contributed by atoms with Gasteiger partial charge in [-0.3, -0.25) is 10.6 Å². The van der Waals surface area contributed by atoms with Crippen LogP contribution in [0.3, 0.4) is 0 Å². The summed E-state index contributed by atoms with van der Waals surface area (Å²) in [5.41, 5.74) is 7.11. The smallest absolute Gasteiger partial charge is 0.412 e. The number of halogens is 1. The van der Waals surface area contributed by atoms with Crippen molar-refractivity contribution < 1.29 is 43.5 Å². The van der Waals surface area contributed by atoms with Gasteiger partial charge >= 0.3 is 12.2 Å². The number of nitrogens with zero attached hydrogens (tertiary/aromatic N) is 1. The van der Waals surface area contributed by atoms with E-state index in [9.17, 15) is 19.8 Å².